The molecular formula is C30H50N4O12. The van der Waals surface area contributed by atoms with Crippen molar-refractivity contribution in [1.29, 1.82) is 0 Å². The van der Waals surface area contributed by atoms with Crippen LogP contribution in [-0.4, -0.2) is 151 Å². The molecule has 0 fully saturated rings. The summed E-state index contributed by atoms with van der Waals surface area (Å²) in [5.74, 6) is -5.54. The number of amides is 4. The number of methoxy groups -OCH3 is 1. The topological polar surface area (TPSA) is 186 Å². The zero-order valence-corrected chi connectivity index (χ0v) is 29.3. The molecule has 0 aliphatic heterocycles. The average Bonchev–Trinajstić information content (AvgIpc) is 3.02. The zero-order valence-electron chi connectivity index (χ0n) is 29.3. The van der Waals surface area contributed by atoms with Crippen LogP contribution in [0.1, 0.15) is 62.3 Å². The van der Waals surface area contributed by atoms with Crippen LogP contribution in [0, 0.1) is 0 Å². The minimum Gasteiger partial charge on any atom is -0.451 e. The second-order valence-electron chi connectivity index (χ2n) is 11.2. The van der Waals surface area contributed by atoms with E-state index in [9.17, 15) is 38.4 Å². The highest BCUT2D eigenvalue weighted by Crippen LogP contribution is 2.12. The van der Waals surface area contributed by atoms with Crippen LogP contribution in [0.3, 0.4) is 0 Å². The Hall–Kier alpha value is -4.08. The van der Waals surface area contributed by atoms with Crippen molar-refractivity contribution in [3.8, 4) is 0 Å². The van der Waals surface area contributed by atoms with Crippen LogP contribution in [-0.2, 0) is 57.3 Å². The Morgan fingerprint density at radius 1 is 0.413 bits per heavy atom. The van der Waals surface area contributed by atoms with Crippen molar-refractivity contribution in [3.63, 3.8) is 0 Å². The normalized spacial score (nSPS) is 16.1. The Morgan fingerprint density at radius 3 is 0.848 bits per heavy atom. The molecule has 0 spiro atoms. The molecule has 0 aromatic rings. The molecule has 16 heteroatoms. The summed E-state index contributed by atoms with van der Waals surface area (Å²) >= 11 is 0. The van der Waals surface area contributed by atoms with Crippen LogP contribution in [0.5, 0.6) is 0 Å². The Balaban J connectivity index is 5.22. The van der Waals surface area contributed by atoms with Gasteiger partial charge in [0.2, 0.25) is 0 Å². The molecule has 0 bridgehead atoms. The van der Waals surface area contributed by atoms with Gasteiger partial charge in [-0.3, -0.25) is 24.0 Å². The quantitative estimate of drug-likeness (QED) is 0.157. The molecule has 0 radical (unpaired) electrons. The van der Waals surface area contributed by atoms with Gasteiger partial charge in [-0.2, -0.15) is 0 Å². The lowest BCUT2D eigenvalue weighted by Gasteiger charge is -2.30. The molecule has 262 valence electrons. The molecule has 0 aliphatic carbocycles. The predicted octanol–water partition coefficient (Wildman–Crippen LogP) is -0.207. The maximum absolute atomic E-state index is 13.0. The van der Waals surface area contributed by atoms with Gasteiger partial charge in [0.15, 0.2) is 24.1 Å². The van der Waals surface area contributed by atoms with E-state index < -0.39 is 90.1 Å². The number of ketones is 1. The summed E-state index contributed by atoms with van der Waals surface area (Å²) in [6, 6.07) is -4.14. The van der Waals surface area contributed by atoms with E-state index in [1.165, 1.54) is 97.6 Å². The first-order valence-corrected chi connectivity index (χ1v) is 14.7. The first kappa shape index (κ1) is 41.9. The van der Waals surface area contributed by atoms with E-state index in [2.05, 4.69) is 0 Å². The van der Waals surface area contributed by atoms with Gasteiger partial charge >= 0.3 is 17.9 Å². The number of carbonyl (C=O) groups is 8. The number of likely N-dealkylation sites (N-methyl/N-ethyl adjacent to an activating group) is 4. The monoisotopic (exact) mass is 658 g/mol. The lowest BCUT2D eigenvalue weighted by atomic mass is 10.2. The number of esters is 3. The van der Waals surface area contributed by atoms with Crippen molar-refractivity contribution in [2.45, 2.75) is 111 Å². The SMILES string of the molecule is COC(C)C(=O)N(C)C(C)C(=O)OC(C)C(=O)N(C)C(C)C(=O)OC(C)C(=O)N(C)C(C)C(=O)OC(C)C(=O)N(C)C(C)C(C)=O. The standard InChI is InChI=1S/C30H50N4O12/c1-15(19(5)35)31(10)25(37)21(7)44-29(41)17(3)33(12)27(39)23(9)46-30(42)18(4)34(13)26(38)22(8)45-28(40)16(2)32(11)24(36)20(6)43-14/h15-18,20-23H,1-14H3. The van der Waals surface area contributed by atoms with E-state index in [0.717, 1.165) is 19.6 Å². The molecule has 0 rings (SSSR count). The molecule has 0 aromatic heterocycles. The van der Waals surface area contributed by atoms with E-state index in [1.807, 2.05) is 0 Å². The van der Waals surface area contributed by atoms with Gasteiger partial charge in [0.1, 0.15) is 24.2 Å². The van der Waals surface area contributed by atoms with Crippen LogP contribution in [0.4, 0.5) is 0 Å². The molecule has 4 amide bonds. The fourth-order valence-electron chi connectivity index (χ4n) is 3.73. The molecule has 0 saturated heterocycles. The van der Waals surface area contributed by atoms with Gasteiger partial charge in [-0.25, -0.2) is 14.4 Å². The van der Waals surface area contributed by atoms with Gasteiger partial charge < -0.3 is 38.5 Å². The lowest BCUT2D eigenvalue weighted by molar-refractivity contribution is -0.171. The fraction of sp³-hybridized carbons (Fsp3) is 0.733. The Morgan fingerprint density at radius 2 is 0.630 bits per heavy atom. The van der Waals surface area contributed by atoms with Gasteiger partial charge in [-0.1, -0.05) is 0 Å². The average molecular weight is 659 g/mol. The second kappa shape index (κ2) is 18.2. The Bertz CT molecular complexity index is 1160. The predicted molar refractivity (Wildman–Crippen MR) is 163 cm³/mol. The second-order valence-corrected chi connectivity index (χ2v) is 11.2. The smallest absolute Gasteiger partial charge is 0.329 e. The summed E-state index contributed by atoms with van der Waals surface area (Å²) in [7, 11) is 6.71. The highest BCUT2D eigenvalue weighted by atomic mass is 16.6. The number of ether oxygens (including phenoxy) is 4. The third kappa shape index (κ3) is 11.1. The maximum Gasteiger partial charge on any atom is 0.329 e. The fourth-order valence-corrected chi connectivity index (χ4v) is 3.73. The van der Waals surface area contributed by atoms with Gasteiger partial charge in [-0.05, 0) is 62.3 Å². The summed E-state index contributed by atoms with van der Waals surface area (Å²) in [6.07, 6.45) is -4.73. The first-order chi connectivity index (χ1) is 21.0. The van der Waals surface area contributed by atoms with Crippen LogP contribution < -0.4 is 0 Å². The third-order valence-electron chi connectivity index (χ3n) is 7.95. The molecule has 0 saturated carbocycles. The number of nitrogens with zero attached hydrogens (tertiary/aromatic N) is 4. The van der Waals surface area contributed by atoms with Crippen molar-refractivity contribution < 1.29 is 57.3 Å². The number of rotatable bonds is 16. The van der Waals surface area contributed by atoms with Crippen LogP contribution >= 0.6 is 0 Å². The molecule has 46 heavy (non-hydrogen) atoms. The Kier molecular flexibility index (Phi) is 16.6. The van der Waals surface area contributed by atoms with E-state index in [4.69, 9.17) is 18.9 Å². The molecule has 8 atom stereocenters. The number of Topliss-reactive ketones (excluding diaryl/α,β-unsaturated/α-hetero) is 1. The molecule has 0 N–H and O–H groups in total. The maximum atomic E-state index is 13.0. The highest BCUT2D eigenvalue weighted by molar-refractivity contribution is 5.93. The van der Waals surface area contributed by atoms with Crippen molar-refractivity contribution in [3.05, 3.63) is 0 Å². The number of carbonyl (C=O) groups excluding carboxylic acids is 8. The molecule has 0 heterocycles. The molecule has 0 aliphatic rings. The molecular weight excluding hydrogens is 608 g/mol. The van der Waals surface area contributed by atoms with Gasteiger partial charge in [0, 0.05) is 35.3 Å². The largest absolute Gasteiger partial charge is 0.451 e. The number of hydrogen-bond donors (Lipinski definition) is 0. The third-order valence-corrected chi connectivity index (χ3v) is 7.95. The summed E-state index contributed by atoms with van der Waals surface area (Å²) in [5, 5.41) is 0. The summed E-state index contributed by atoms with van der Waals surface area (Å²) < 4.78 is 20.7. The van der Waals surface area contributed by atoms with Gasteiger partial charge in [-0.15, -0.1) is 0 Å². The van der Waals surface area contributed by atoms with Crippen molar-refractivity contribution >= 4 is 47.3 Å². The lowest BCUT2D eigenvalue weighted by Crippen LogP contribution is -2.51. The first-order valence-electron chi connectivity index (χ1n) is 14.7. The summed E-state index contributed by atoms with van der Waals surface area (Å²) in [6.45, 7) is 12.4. The van der Waals surface area contributed by atoms with E-state index >= 15 is 0 Å². The van der Waals surface area contributed by atoms with Crippen LogP contribution in [0.25, 0.3) is 0 Å². The minimum absolute atomic E-state index is 0.250. The van der Waals surface area contributed by atoms with Crippen molar-refractivity contribution in [1.82, 2.24) is 19.6 Å². The van der Waals surface area contributed by atoms with Crippen LogP contribution in [0.15, 0.2) is 0 Å². The van der Waals surface area contributed by atoms with Crippen molar-refractivity contribution in [2.24, 2.45) is 0 Å². The van der Waals surface area contributed by atoms with Gasteiger partial charge in [0.25, 0.3) is 23.6 Å². The highest BCUT2D eigenvalue weighted by Gasteiger charge is 2.36. The minimum atomic E-state index is -1.38. The van der Waals surface area contributed by atoms with E-state index in [1.54, 1.807) is 0 Å². The van der Waals surface area contributed by atoms with E-state index in [-0.39, 0.29) is 5.78 Å². The summed E-state index contributed by atoms with van der Waals surface area (Å²) in [4.78, 5) is 105. The number of hydrogen-bond acceptors (Lipinski definition) is 12. The van der Waals surface area contributed by atoms with E-state index in [0.29, 0.717) is 0 Å². The Labute approximate surface area is 270 Å². The zero-order chi connectivity index (χ0) is 36.4. The summed E-state index contributed by atoms with van der Waals surface area (Å²) in [5.41, 5.74) is 0. The van der Waals surface area contributed by atoms with Gasteiger partial charge in [0.05, 0.1) is 6.04 Å². The van der Waals surface area contributed by atoms with Crippen LogP contribution in [0.2, 0.25) is 0 Å². The van der Waals surface area contributed by atoms with Crippen molar-refractivity contribution in [2.75, 3.05) is 35.3 Å². The molecule has 16 nitrogen and oxygen atoms in total. The molecule has 0 aromatic carbocycles. The molecule has 8 unspecified atom stereocenters.